The summed E-state index contributed by atoms with van der Waals surface area (Å²) in [4.78, 5) is 19.6. The molecule has 0 aliphatic carbocycles. The van der Waals surface area contributed by atoms with Gasteiger partial charge in [0.25, 0.3) is 0 Å². The van der Waals surface area contributed by atoms with Crippen LogP contribution in [0.25, 0.3) is 0 Å². The molecule has 6 nitrogen and oxygen atoms in total. The van der Waals surface area contributed by atoms with Crippen LogP contribution in [-0.4, -0.2) is 75.2 Å². The summed E-state index contributed by atoms with van der Waals surface area (Å²) in [5.41, 5.74) is 1.25. The first-order valence-corrected chi connectivity index (χ1v) is 8.80. The lowest BCUT2D eigenvalue weighted by atomic mass is 10.0. The fourth-order valence-corrected chi connectivity index (χ4v) is 3.75. The number of piperidine rings is 1. The third-order valence-electron chi connectivity index (χ3n) is 5.22. The van der Waals surface area contributed by atoms with Gasteiger partial charge in [-0.2, -0.15) is 5.10 Å². The van der Waals surface area contributed by atoms with Crippen LogP contribution in [0.15, 0.2) is 12.3 Å². The number of rotatable bonds is 4. The van der Waals surface area contributed by atoms with Gasteiger partial charge in [-0.05, 0) is 32.8 Å². The monoisotopic (exact) mass is 319 g/mol. The summed E-state index contributed by atoms with van der Waals surface area (Å²) in [6, 6.07) is 2.50. The zero-order chi connectivity index (χ0) is 16.4. The van der Waals surface area contributed by atoms with Crippen molar-refractivity contribution in [2.45, 2.75) is 45.3 Å². The third-order valence-corrected chi connectivity index (χ3v) is 5.22. The molecule has 0 bridgehead atoms. The fourth-order valence-electron chi connectivity index (χ4n) is 3.75. The highest BCUT2D eigenvalue weighted by Gasteiger charge is 2.35. The van der Waals surface area contributed by atoms with E-state index >= 15 is 0 Å². The molecule has 1 amide bonds. The predicted octanol–water partition coefficient (Wildman–Crippen LogP) is 0.937. The first-order chi connectivity index (χ1) is 11.1. The van der Waals surface area contributed by atoms with Crippen LogP contribution in [0.4, 0.5) is 0 Å². The van der Waals surface area contributed by atoms with Crippen LogP contribution < -0.4 is 0 Å². The molecule has 0 aromatic carbocycles. The molecule has 0 saturated carbocycles. The predicted molar refractivity (Wildman–Crippen MR) is 89.9 cm³/mol. The van der Waals surface area contributed by atoms with E-state index < -0.39 is 0 Å². The number of carbonyl (C=O) groups excluding carboxylic acids is 1. The van der Waals surface area contributed by atoms with Gasteiger partial charge in [0.15, 0.2) is 0 Å². The molecule has 0 spiro atoms. The van der Waals surface area contributed by atoms with Gasteiger partial charge in [0.1, 0.15) is 0 Å². The maximum absolute atomic E-state index is 12.7. The molecule has 0 N–H and O–H groups in total. The highest BCUT2D eigenvalue weighted by molar-refractivity contribution is 5.82. The molecule has 0 radical (unpaired) electrons. The minimum Gasteiger partial charge on any atom is -0.339 e. The molecule has 3 rings (SSSR count). The fraction of sp³-hybridized carbons (Fsp3) is 0.765. The third kappa shape index (κ3) is 3.58. The summed E-state index contributed by atoms with van der Waals surface area (Å²) >= 11 is 0. The standard InChI is InChI=1S/C17H29N5O/c1-14(2)22-8-4-5-16(17(22)23)21-11-9-20(10-12-21)13-15-6-7-18-19(15)3/h6-7,14,16H,4-5,8-13H2,1-3H3/t16-/m0/s1. The number of likely N-dealkylation sites (tertiary alicyclic amines) is 1. The van der Waals surface area contributed by atoms with Gasteiger partial charge in [0.05, 0.1) is 11.7 Å². The van der Waals surface area contributed by atoms with Crippen LogP contribution in [-0.2, 0) is 18.4 Å². The molecule has 2 fully saturated rings. The zero-order valence-electron chi connectivity index (χ0n) is 14.6. The van der Waals surface area contributed by atoms with Crippen LogP contribution in [0.2, 0.25) is 0 Å². The smallest absolute Gasteiger partial charge is 0.240 e. The summed E-state index contributed by atoms with van der Waals surface area (Å²) in [7, 11) is 1.99. The first-order valence-electron chi connectivity index (χ1n) is 8.80. The summed E-state index contributed by atoms with van der Waals surface area (Å²) in [6.07, 6.45) is 4.00. The van der Waals surface area contributed by atoms with E-state index in [4.69, 9.17) is 0 Å². The SMILES string of the molecule is CC(C)N1CCC[C@H](N2CCN(Cc3ccnn3C)CC2)C1=O. The normalized spacial score (nSPS) is 24.6. The van der Waals surface area contributed by atoms with Gasteiger partial charge < -0.3 is 4.90 Å². The minimum absolute atomic E-state index is 0.102. The largest absolute Gasteiger partial charge is 0.339 e. The van der Waals surface area contributed by atoms with Crippen LogP contribution in [0.5, 0.6) is 0 Å². The molecule has 6 heteroatoms. The topological polar surface area (TPSA) is 44.6 Å². The molecule has 1 aromatic heterocycles. The van der Waals surface area contributed by atoms with Gasteiger partial charge >= 0.3 is 0 Å². The number of hydrogen-bond donors (Lipinski definition) is 0. The second-order valence-corrected chi connectivity index (χ2v) is 7.04. The van der Waals surface area contributed by atoms with E-state index in [-0.39, 0.29) is 6.04 Å². The highest BCUT2D eigenvalue weighted by atomic mass is 16.2. The van der Waals surface area contributed by atoms with Gasteiger partial charge in [-0.3, -0.25) is 19.3 Å². The maximum Gasteiger partial charge on any atom is 0.240 e. The van der Waals surface area contributed by atoms with Gasteiger partial charge in [0, 0.05) is 58.6 Å². The average Bonchev–Trinajstić information content (AvgIpc) is 2.93. The van der Waals surface area contributed by atoms with Gasteiger partial charge in [-0.1, -0.05) is 0 Å². The Morgan fingerprint density at radius 2 is 1.96 bits per heavy atom. The Hall–Kier alpha value is -1.40. The zero-order valence-corrected chi connectivity index (χ0v) is 14.6. The summed E-state index contributed by atoms with van der Waals surface area (Å²) < 4.78 is 1.94. The quantitative estimate of drug-likeness (QED) is 0.828. The lowest BCUT2D eigenvalue weighted by molar-refractivity contribution is -0.143. The van der Waals surface area contributed by atoms with Crippen molar-refractivity contribution in [2.24, 2.45) is 7.05 Å². The Bertz CT molecular complexity index is 533. The molecule has 1 aromatic rings. The Labute approximate surface area is 139 Å². The van der Waals surface area contributed by atoms with E-state index in [0.29, 0.717) is 11.9 Å². The Balaban J connectivity index is 1.54. The Morgan fingerprint density at radius 1 is 1.22 bits per heavy atom. The van der Waals surface area contributed by atoms with E-state index in [1.54, 1.807) is 0 Å². The van der Waals surface area contributed by atoms with Crippen molar-refractivity contribution in [3.05, 3.63) is 18.0 Å². The summed E-state index contributed by atoms with van der Waals surface area (Å²) in [5, 5.41) is 4.23. The molecule has 23 heavy (non-hydrogen) atoms. The van der Waals surface area contributed by atoms with Crippen LogP contribution in [0.3, 0.4) is 0 Å². The molecule has 128 valence electrons. The number of carbonyl (C=O) groups is 1. The van der Waals surface area contributed by atoms with Gasteiger partial charge in [-0.15, -0.1) is 0 Å². The second-order valence-electron chi connectivity index (χ2n) is 7.04. The van der Waals surface area contributed by atoms with Crippen molar-refractivity contribution in [3.63, 3.8) is 0 Å². The molecular formula is C17H29N5O. The van der Waals surface area contributed by atoms with Gasteiger partial charge in [0.2, 0.25) is 5.91 Å². The first kappa shape index (κ1) is 16.5. The molecule has 2 saturated heterocycles. The van der Waals surface area contributed by atoms with Crippen molar-refractivity contribution >= 4 is 5.91 Å². The number of nitrogens with zero attached hydrogens (tertiary/aromatic N) is 5. The van der Waals surface area contributed by atoms with Crippen molar-refractivity contribution < 1.29 is 4.79 Å². The van der Waals surface area contributed by atoms with Crippen molar-refractivity contribution in [2.75, 3.05) is 32.7 Å². The van der Waals surface area contributed by atoms with Crippen molar-refractivity contribution in [1.82, 2.24) is 24.5 Å². The number of aryl methyl sites for hydroxylation is 1. The lowest BCUT2D eigenvalue weighted by Crippen LogP contribution is -2.58. The molecular weight excluding hydrogens is 290 g/mol. The second kappa shape index (κ2) is 7.01. The van der Waals surface area contributed by atoms with E-state index in [0.717, 1.165) is 52.1 Å². The highest BCUT2D eigenvalue weighted by Crippen LogP contribution is 2.21. The average molecular weight is 319 g/mol. The van der Waals surface area contributed by atoms with Crippen molar-refractivity contribution in [3.8, 4) is 0 Å². The number of piperazine rings is 1. The van der Waals surface area contributed by atoms with Crippen LogP contribution in [0, 0.1) is 0 Å². The molecule has 1 atom stereocenters. The van der Waals surface area contributed by atoms with E-state index in [1.165, 1.54) is 5.69 Å². The summed E-state index contributed by atoms with van der Waals surface area (Å²) in [6.45, 7) is 10.1. The maximum atomic E-state index is 12.7. The Morgan fingerprint density at radius 3 is 2.57 bits per heavy atom. The van der Waals surface area contributed by atoms with Crippen molar-refractivity contribution in [1.29, 1.82) is 0 Å². The van der Waals surface area contributed by atoms with Crippen LogP contribution in [0.1, 0.15) is 32.4 Å². The summed E-state index contributed by atoms with van der Waals surface area (Å²) in [5.74, 6) is 0.339. The van der Waals surface area contributed by atoms with Crippen LogP contribution >= 0.6 is 0 Å². The molecule has 2 aliphatic rings. The minimum atomic E-state index is 0.102. The molecule has 2 aliphatic heterocycles. The van der Waals surface area contributed by atoms with E-state index in [1.807, 2.05) is 17.9 Å². The van der Waals surface area contributed by atoms with E-state index in [2.05, 4.69) is 39.7 Å². The van der Waals surface area contributed by atoms with Gasteiger partial charge in [-0.25, -0.2) is 0 Å². The molecule has 0 unspecified atom stereocenters. The van der Waals surface area contributed by atoms with E-state index in [9.17, 15) is 4.79 Å². The lowest BCUT2D eigenvalue weighted by Gasteiger charge is -2.43. The molecule has 3 heterocycles. The Kier molecular flexibility index (Phi) is 5.02. The number of aromatic nitrogens is 2. The number of amides is 1. The number of hydrogen-bond acceptors (Lipinski definition) is 4.